The average Bonchev–Trinajstić information content (AvgIpc) is 2.75. The predicted octanol–water partition coefficient (Wildman–Crippen LogP) is 2.41. The summed E-state index contributed by atoms with van der Waals surface area (Å²) in [5, 5.41) is 4.33. The number of halogens is 1. The van der Waals surface area contributed by atoms with E-state index in [2.05, 4.69) is 41.7 Å². The fourth-order valence-corrected chi connectivity index (χ4v) is 2.11. The highest BCUT2D eigenvalue weighted by molar-refractivity contribution is 6.17. The van der Waals surface area contributed by atoms with E-state index in [1.165, 1.54) is 16.8 Å². The molecular formula is C13H17ClN3+. The van der Waals surface area contributed by atoms with Gasteiger partial charge < -0.3 is 0 Å². The van der Waals surface area contributed by atoms with Crippen LogP contribution in [-0.2, 0) is 6.54 Å². The monoisotopic (exact) mass is 250 g/mol. The standard InChI is InChI=1S/C13H17ClN3/c1-11-5-3-6-12(2)13(11)16-9-15-17(10-16)8-4-7-14/h3,5-6,9-10H,4,7-8H2,1-2H3/q+1. The highest BCUT2D eigenvalue weighted by Crippen LogP contribution is 2.12. The lowest BCUT2D eigenvalue weighted by molar-refractivity contribution is -0.597. The highest BCUT2D eigenvalue weighted by atomic mass is 35.5. The fourth-order valence-electron chi connectivity index (χ4n) is 1.99. The van der Waals surface area contributed by atoms with Gasteiger partial charge in [-0.1, -0.05) is 18.2 Å². The molecule has 0 saturated carbocycles. The van der Waals surface area contributed by atoms with Gasteiger partial charge in [-0.15, -0.1) is 16.3 Å². The number of para-hydroxylation sites is 1. The highest BCUT2D eigenvalue weighted by Gasteiger charge is 2.11. The second-order valence-electron chi connectivity index (χ2n) is 4.20. The lowest BCUT2D eigenvalue weighted by Crippen LogP contribution is -2.30. The quantitative estimate of drug-likeness (QED) is 0.603. The van der Waals surface area contributed by atoms with Gasteiger partial charge in [0.15, 0.2) is 0 Å². The van der Waals surface area contributed by atoms with Gasteiger partial charge in [-0.2, -0.15) is 0 Å². The normalized spacial score (nSPS) is 10.8. The third-order valence-corrected chi connectivity index (χ3v) is 3.07. The van der Waals surface area contributed by atoms with Crippen molar-refractivity contribution in [2.45, 2.75) is 26.8 Å². The second-order valence-corrected chi connectivity index (χ2v) is 4.58. The summed E-state index contributed by atoms with van der Waals surface area (Å²) in [7, 11) is 0. The van der Waals surface area contributed by atoms with Crippen LogP contribution in [0, 0.1) is 13.8 Å². The Morgan fingerprint density at radius 2 is 2.00 bits per heavy atom. The molecule has 1 heterocycles. The third kappa shape index (κ3) is 2.67. The molecule has 0 aliphatic rings. The van der Waals surface area contributed by atoms with E-state index >= 15 is 0 Å². The maximum absolute atomic E-state index is 5.68. The maximum atomic E-state index is 5.68. The number of nitrogens with zero attached hydrogens (tertiary/aromatic N) is 3. The van der Waals surface area contributed by atoms with Gasteiger partial charge in [0.05, 0.1) is 0 Å². The number of aromatic nitrogens is 3. The molecule has 0 amide bonds. The first-order valence-electron chi connectivity index (χ1n) is 5.78. The zero-order valence-corrected chi connectivity index (χ0v) is 11.0. The number of alkyl halides is 1. The van der Waals surface area contributed by atoms with Crippen LogP contribution in [0.1, 0.15) is 17.5 Å². The maximum Gasteiger partial charge on any atom is 0.270 e. The Labute approximate surface area is 107 Å². The minimum absolute atomic E-state index is 0.670. The van der Waals surface area contributed by atoms with Crippen LogP contribution in [0.5, 0.6) is 0 Å². The van der Waals surface area contributed by atoms with Crippen molar-refractivity contribution in [1.29, 1.82) is 0 Å². The first-order chi connectivity index (χ1) is 8.22. The predicted molar refractivity (Wildman–Crippen MR) is 68.6 cm³/mol. The molecule has 1 aromatic carbocycles. The molecule has 0 spiro atoms. The molecule has 90 valence electrons. The van der Waals surface area contributed by atoms with Crippen LogP contribution >= 0.6 is 11.6 Å². The van der Waals surface area contributed by atoms with Crippen LogP contribution in [0.25, 0.3) is 5.69 Å². The number of hydrogen-bond donors (Lipinski definition) is 0. The van der Waals surface area contributed by atoms with Crippen molar-refractivity contribution in [3.8, 4) is 5.69 Å². The van der Waals surface area contributed by atoms with E-state index in [1.54, 1.807) is 0 Å². The van der Waals surface area contributed by atoms with E-state index in [4.69, 9.17) is 11.6 Å². The van der Waals surface area contributed by atoms with E-state index in [0.29, 0.717) is 5.88 Å². The Morgan fingerprint density at radius 1 is 1.29 bits per heavy atom. The lowest BCUT2D eigenvalue weighted by atomic mass is 10.1. The summed E-state index contributed by atoms with van der Waals surface area (Å²) in [6.07, 6.45) is 4.81. The Kier molecular flexibility index (Phi) is 3.79. The molecule has 17 heavy (non-hydrogen) atoms. The Hall–Kier alpha value is -1.35. The molecule has 0 bridgehead atoms. The molecule has 0 aliphatic heterocycles. The summed E-state index contributed by atoms with van der Waals surface area (Å²) in [5.41, 5.74) is 3.73. The SMILES string of the molecule is Cc1cccc(C)c1-[n+]1cnn(CCCCl)c1. The second kappa shape index (κ2) is 5.32. The van der Waals surface area contributed by atoms with Crippen molar-refractivity contribution in [2.75, 3.05) is 5.88 Å². The Balaban J connectivity index is 2.30. The van der Waals surface area contributed by atoms with Gasteiger partial charge in [0, 0.05) is 11.0 Å². The smallest absolute Gasteiger partial charge is 0.203 e. The number of aryl methyl sites for hydroxylation is 3. The van der Waals surface area contributed by atoms with Crippen LogP contribution in [-0.4, -0.2) is 15.7 Å². The van der Waals surface area contributed by atoms with E-state index in [9.17, 15) is 0 Å². The summed E-state index contributed by atoms with van der Waals surface area (Å²) in [6.45, 7) is 5.10. The van der Waals surface area contributed by atoms with Gasteiger partial charge in [0.2, 0.25) is 6.33 Å². The molecule has 0 aliphatic carbocycles. The van der Waals surface area contributed by atoms with E-state index in [0.717, 1.165) is 13.0 Å². The topological polar surface area (TPSA) is 21.7 Å². The van der Waals surface area contributed by atoms with Gasteiger partial charge >= 0.3 is 0 Å². The fraction of sp³-hybridized carbons (Fsp3) is 0.385. The summed E-state index contributed by atoms with van der Waals surface area (Å²) in [6, 6.07) is 6.31. The number of benzene rings is 1. The van der Waals surface area contributed by atoms with E-state index in [1.807, 2.05) is 17.3 Å². The van der Waals surface area contributed by atoms with Crippen LogP contribution < -0.4 is 4.57 Å². The van der Waals surface area contributed by atoms with Gasteiger partial charge in [-0.3, -0.25) is 0 Å². The molecule has 0 N–H and O–H groups in total. The van der Waals surface area contributed by atoms with Crippen molar-refractivity contribution in [2.24, 2.45) is 0 Å². The third-order valence-electron chi connectivity index (χ3n) is 2.80. The number of hydrogen-bond acceptors (Lipinski definition) is 1. The minimum Gasteiger partial charge on any atom is -0.203 e. The van der Waals surface area contributed by atoms with Crippen LogP contribution in [0.4, 0.5) is 0 Å². The first-order valence-corrected chi connectivity index (χ1v) is 6.32. The molecule has 4 heteroatoms. The van der Waals surface area contributed by atoms with Crippen molar-refractivity contribution >= 4 is 11.6 Å². The van der Waals surface area contributed by atoms with Crippen LogP contribution in [0.15, 0.2) is 30.9 Å². The molecule has 0 saturated heterocycles. The molecule has 2 aromatic rings. The van der Waals surface area contributed by atoms with Crippen molar-refractivity contribution in [3.05, 3.63) is 42.0 Å². The van der Waals surface area contributed by atoms with Crippen LogP contribution in [0.2, 0.25) is 0 Å². The Morgan fingerprint density at radius 3 is 2.65 bits per heavy atom. The first kappa shape index (κ1) is 12.1. The van der Waals surface area contributed by atoms with Crippen molar-refractivity contribution in [1.82, 2.24) is 9.78 Å². The summed E-state index contributed by atoms with van der Waals surface area (Å²) >= 11 is 5.68. The molecular weight excluding hydrogens is 234 g/mol. The molecule has 3 nitrogen and oxygen atoms in total. The largest absolute Gasteiger partial charge is 0.270 e. The van der Waals surface area contributed by atoms with Crippen molar-refractivity contribution in [3.63, 3.8) is 0 Å². The minimum atomic E-state index is 0.670. The Bertz CT molecular complexity index is 485. The molecule has 0 fully saturated rings. The molecule has 0 unspecified atom stereocenters. The van der Waals surface area contributed by atoms with E-state index in [-0.39, 0.29) is 0 Å². The zero-order chi connectivity index (χ0) is 12.3. The average molecular weight is 251 g/mol. The van der Waals surface area contributed by atoms with Crippen molar-refractivity contribution < 1.29 is 4.57 Å². The van der Waals surface area contributed by atoms with Gasteiger partial charge in [0.1, 0.15) is 12.2 Å². The summed E-state index contributed by atoms with van der Waals surface area (Å²) in [4.78, 5) is 0. The zero-order valence-electron chi connectivity index (χ0n) is 10.2. The summed E-state index contributed by atoms with van der Waals surface area (Å²) < 4.78 is 3.99. The molecule has 1 aromatic heterocycles. The molecule has 0 radical (unpaired) electrons. The van der Waals surface area contributed by atoms with Crippen LogP contribution in [0.3, 0.4) is 0 Å². The van der Waals surface area contributed by atoms with E-state index < -0.39 is 0 Å². The van der Waals surface area contributed by atoms with Gasteiger partial charge in [-0.05, 0) is 31.4 Å². The summed E-state index contributed by atoms with van der Waals surface area (Å²) in [5.74, 6) is 0.670. The lowest BCUT2D eigenvalue weighted by Gasteiger charge is -2.04. The number of rotatable bonds is 4. The van der Waals surface area contributed by atoms with Gasteiger partial charge in [0.25, 0.3) is 6.33 Å². The van der Waals surface area contributed by atoms with Gasteiger partial charge in [-0.25, -0.2) is 4.57 Å². The molecule has 2 rings (SSSR count). The molecule has 0 atom stereocenters.